The van der Waals surface area contributed by atoms with E-state index in [2.05, 4.69) is 23.6 Å². The molecule has 0 saturated carbocycles. The molecule has 0 unspecified atom stereocenters. The molecule has 2 heterocycles. The number of rotatable bonds is 8. The van der Waals surface area contributed by atoms with Crippen molar-refractivity contribution in [1.29, 1.82) is 0 Å². The minimum atomic E-state index is 0.0277. The third kappa shape index (κ3) is 5.80. The van der Waals surface area contributed by atoms with Gasteiger partial charge in [-0.1, -0.05) is 25.5 Å². The minimum absolute atomic E-state index is 0.0277. The van der Waals surface area contributed by atoms with Crippen molar-refractivity contribution >= 4 is 11.9 Å². The Morgan fingerprint density at radius 3 is 2.55 bits per heavy atom. The lowest BCUT2D eigenvalue weighted by atomic mass is 9.99. The first-order chi connectivity index (χ1) is 14.9. The molecule has 31 heavy (non-hydrogen) atoms. The van der Waals surface area contributed by atoms with Crippen molar-refractivity contribution in [3.63, 3.8) is 0 Å². The minimum Gasteiger partial charge on any atom is -0.378 e. The van der Waals surface area contributed by atoms with E-state index in [0.29, 0.717) is 25.3 Å². The summed E-state index contributed by atoms with van der Waals surface area (Å²) >= 11 is 0. The zero-order valence-corrected chi connectivity index (χ0v) is 19.5. The van der Waals surface area contributed by atoms with Gasteiger partial charge >= 0.3 is 0 Å². The van der Waals surface area contributed by atoms with Gasteiger partial charge in [0.25, 0.3) is 5.91 Å². The molecule has 1 fully saturated rings. The molecule has 0 bridgehead atoms. The summed E-state index contributed by atoms with van der Waals surface area (Å²) in [7, 11) is 5.88. The molecule has 2 aromatic rings. The molecular formula is C24H35N5O2. The second-order valence-electron chi connectivity index (χ2n) is 8.40. The number of carbonyl (C=O) groups is 1. The maximum Gasteiger partial charge on any atom is 0.253 e. The number of nitrogens with zero attached hydrogens (tertiary/aromatic N) is 5. The Morgan fingerprint density at radius 2 is 1.87 bits per heavy atom. The zero-order valence-electron chi connectivity index (χ0n) is 19.5. The predicted molar refractivity (Wildman–Crippen MR) is 125 cm³/mol. The highest BCUT2D eigenvalue weighted by Crippen LogP contribution is 2.28. The maximum atomic E-state index is 13.0. The van der Waals surface area contributed by atoms with Gasteiger partial charge in [-0.05, 0) is 45.1 Å². The molecule has 7 heteroatoms. The molecule has 0 aliphatic carbocycles. The van der Waals surface area contributed by atoms with Gasteiger partial charge in [-0.25, -0.2) is 9.97 Å². The van der Waals surface area contributed by atoms with Gasteiger partial charge < -0.3 is 19.4 Å². The molecule has 0 atom stereocenters. The average molecular weight is 426 g/mol. The van der Waals surface area contributed by atoms with Crippen molar-refractivity contribution in [3.05, 3.63) is 41.1 Å². The number of morpholine rings is 1. The van der Waals surface area contributed by atoms with Crippen LogP contribution in [-0.2, 0) is 11.2 Å². The van der Waals surface area contributed by atoms with E-state index in [1.807, 2.05) is 45.4 Å². The molecule has 1 aromatic carbocycles. The maximum absolute atomic E-state index is 13.0. The van der Waals surface area contributed by atoms with E-state index < -0.39 is 0 Å². The number of ether oxygens (including phenoxy) is 1. The first-order valence-corrected chi connectivity index (χ1v) is 11.1. The monoisotopic (exact) mass is 425 g/mol. The van der Waals surface area contributed by atoms with Gasteiger partial charge in [-0.15, -0.1) is 0 Å². The molecule has 0 N–H and O–H groups in total. The second kappa shape index (κ2) is 10.7. The van der Waals surface area contributed by atoms with Crippen molar-refractivity contribution in [2.75, 3.05) is 65.4 Å². The second-order valence-corrected chi connectivity index (χ2v) is 8.40. The van der Waals surface area contributed by atoms with Gasteiger partial charge in [0, 0.05) is 50.0 Å². The number of hydrogen-bond donors (Lipinski definition) is 0. The predicted octanol–water partition coefficient (Wildman–Crippen LogP) is 2.87. The van der Waals surface area contributed by atoms with Crippen LogP contribution in [0.2, 0.25) is 0 Å². The number of amides is 1. The first kappa shape index (κ1) is 23.2. The standard InChI is InChI=1S/C24H35N5O2/c1-6-8-21-18(2)25-24(29-13-15-31-16-14-29)26-22(21)19-9-7-10-20(17-19)23(30)28(5)12-11-27(3)4/h7,9-10,17H,6,8,11-16H2,1-5H3. The van der Waals surface area contributed by atoms with Crippen LogP contribution in [0.25, 0.3) is 11.3 Å². The first-order valence-electron chi connectivity index (χ1n) is 11.1. The molecular weight excluding hydrogens is 390 g/mol. The van der Waals surface area contributed by atoms with Crippen molar-refractivity contribution in [2.24, 2.45) is 0 Å². The van der Waals surface area contributed by atoms with E-state index in [0.717, 1.165) is 60.9 Å². The van der Waals surface area contributed by atoms with E-state index in [1.165, 1.54) is 0 Å². The van der Waals surface area contributed by atoms with E-state index in [1.54, 1.807) is 4.90 Å². The van der Waals surface area contributed by atoms with E-state index in [-0.39, 0.29) is 5.91 Å². The van der Waals surface area contributed by atoms with Gasteiger partial charge in [-0.2, -0.15) is 0 Å². The van der Waals surface area contributed by atoms with Crippen molar-refractivity contribution < 1.29 is 9.53 Å². The molecule has 1 aromatic heterocycles. The van der Waals surface area contributed by atoms with E-state index in [9.17, 15) is 4.79 Å². The van der Waals surface area contributed by atoms with Crippen LogP contribution in [-0.4, -0.2) is 86.2 Å². The lowest BCUT2D eigenvalue weighted by molar-refractivity contribution is 0.0786. The highest BCUT2D eigenvalue weighted by molar-refractivity contribution is 5.95. The normalized spacial score (nSPS) is 14.2. The lowest BCUT2D eigenvalue weighted by Gasteiger charge is -2.28. The Bertz CT molecular complexity index is 894. The van der Waals surface area contributed by atoms with Crippen molar-refractivity contribution in [3.8, 4) is 11.3 Å². The zero-order chi connectivity index (χ0) is 22.4. The third-order valence-corrected chi connectivity index (χ3v) is 5.61. The number of hydrogen-bond acceptors (Lipinski definition) is 6. The lowest BCUT2D eigenvalue weighted by Crippen LogP contribution is -2.37. The van der Waals surface area contributed by atoms with Crippen LogP contribution in [0, 0.1) is 6.92 Å². The average Bonchev–Trinajstić information content (AvgIpc) is 2.78. The quantitative estimate of drug-likeness (QED) is 0.648. The largest absolute Gasteiger partial charge is 0.378 e. The number of aromatic nitrogens is 2. The number of likely N-dealkylation sites (N-methyl/N-ethyl adjacent to an activating group) is 2. The SMILES string of the molecule is CCCc1c(C)nc(N2CCOCC2)nc1-c1cccc(C(=O)N(C)CCN(C)C)c1. The smallest absolute Gasteiger partial charge is 0.253 e. The number of anilines is 1. The molecule has 0 spiro atoms. The summed E-state index contributed by atoms with van der Waals surface area (Å²) in [6, 6.07) is 7.84. The molecule has 3 rings (SSSR count). The van der Waals surface area contributed by atoms with Crippen LogP contribution in [0.5, 0.6) is 0 Å². The van der Waals surface area contributed by atoms with Crippen LogP contribution < -0.4 is 4.90 Å². The fraction of sp³-hybridized carbons (Fsp3) is 0.542. The molecule has 1 amide bonds. The fourth-order valence-corrected chi connectivity index (χ4v) is 3.75. The van der Waals surface area contributed by atoms with E-state index in [4.69, 9.17) is 14.7 Å². The number of benzene rings is 1. The summed E-state index contributed by atoms with van der Waals surface area (Å²) in [6.45, 7) is 8.71. The summed E-state index contributed by atoms with van der Waals surface area (Å²) in [5.41, 5.74) is 4.75. The molecule has 7 nitrogen and oxygen atoms in total. The van der Waals surface area contributed by atoms with Gasteiger partial charge in [0.2, 0.25) is 5.95 Å². The van der Waals surface area contributed by atoms with Crippen LogP contribution in [0.1, 0.15) is 35.0 Å². The fourth-order valence-electron chi connectivity index (χ4n) is 3.75. The van der Waals surface area contributed by atoms with Crippen LogP contribution in [0.4, 0.5) is 5.95 Å². The Kier molecular flexibility index (Phi) is 7.98. The summed E-state index contributed by atoms with van der Waals surface area (Å²) in [4.78, 5) is 28.8. The Labute approximate surface area is 186 Å². The molecule has 1 aliphatic heterocycles. The Hall–Kier alpha value is -2.51. The molecule has 1 saturated heterocycles. The third-order valence-electron chi connectivity index (χ3n) is 5.61. The molecule has 1 aliphatic rings. The van der Waals surface area contributed by atoms with Crippen molar-refractivity contribution in [2.45, 2.75) is 26.7 Å². The van der Waals surface area contributed by atoms with E-state index >= 15 is 0 Å². The Morgan fingerprint density at radius 1 is 1.13 bits per heavy atom. The summed E-state index contributed by atoms with van der Waals surface area (Å²) in [5.74, 6) is 0.774. The summed E-state index contributed by atoms with van der Waals surface area (Å²) in [6.07, 6.45) is 1.92. The van der Waals surface area contributed by atoms with Gasteiger partial charge in [-0.3, -0.25) is 4.79 Å². The van der Waals surface area contributed by atoms with Crippen molar-refractivity contribution in [1.82, 2.24) is 19.8 Å². The van der Waals surface area contributed by atoms with Crippen LogP contribution in [0.15, 0.2) is 24.3 Å². The number of aryl methyl sites for hydroxylation is 1. The Balaban J connectivity index is 1.96. The molecule has 0 radical (unpaired) electrons. The molecule has 168 valence electrons. The number of carbonyl (C=O) groups excluding carboxylic acids is 1. The summed E-state index contributed by atoms with van der Waals surface area (Å²) in [5, 5.41) is 0. The highest BCUT2D eigenvalue weighted by atomic mass is 16.5. The highest BCUT2D eigenvalue weighted by Gasteiger charge is 2.20. The van der Waals surface area contributed by atoms with Crippen LogP contribution in [0.3, 0.4) is 0 Å². The van der Waals surface area contributed by atoms with Gasteiger partial charge in [0.15, 0.2) is 0 Å². The van der Waals surface area contributed by atoms with Gasteiger partial charge in [0.05, 0.1) is 18.9 Å². The summed E-state index contributed by atoms with van der Waals surface area (Å²) < 4.78 is 5.49. The van der Waals surface area contributed by atoms with Crippen LogP contribution >= 0.6 is 0 Å². The topological polar surface area (TPSA) is 61.8 Å². The van der Waals surface area contributed by atoms with Gasteiger partial charge in [0.1, 0.15) is 0 Å².